The largest absolute Gasteiger partial charge is 0.492 e. The summed E-state index contributed by atoms with van der Waals surface area (Å²) < 4.78 is 5.65. The molecule has 1 atom stereocenters. The number of hydrogen-bond acceptors (Lipinski definition) is 2. The third kappa shape index (κ3) is 2.46. The average molecular weight is 275 g/mol. The number of benzene rings is 2. The summed E-state index contributed by atoms with van der Waals surface area (Å²) in [5.41, 5.74) is 2.89. The summed E-state index contributed by atoms with van der Waals surface area (Å²) in [6, 6.07) is 13.9. The zero-order valence-electron chi connectivity index (χ0n) is 10.5. The SMILES string of the molecule is O[C@@H]1CCCOc2c(Cl)cc(-c3ccccc3)cc21. The Morgan fingerprint density at radius 3 is 2.68 bits per heavy atom. The van der Waals surface area contributed by atoms with Crippen LogP contribution in [0.2, 0.25) is 5.02 Å². The highest BCUT2D eigenvalue weighted by Gasteiger charge is 2.21. The molecule has 0 unspecified atom stereocenters. The summed E-state index contributed by atoms with van der Waals surface area (Å²) in [6.45, 7) is 0.606. The predicted octanol–water partition coefficient (Wildman–Crippen LogP) is 4.21. The lowest BCUT2D eigenvalue weighted by molar-refractivity contribution is 0.167. The van der Waals surface area contributed by atoms with Crippen molar-refractivity contribution in [3.05, 3.63) is 53.1 Å². The Morgan fingerprint density at radius 2 is 1.89 bits per heavy atom. The van der Waals surface area contributed by atoms with Gasteiger partial charge in [0.2, 0.25) is 0 Å². The molecule has 0 aromatic heterocycles. The standard InChI is InChI=1S/C16H15ClO2/c17-14-10-12(11-5-2-1-3-6-11)9-13-15(18)7-4-8-19-16(13)14/h1-3,5-6,9-10,15,18H,4,7-8H2/t15-/m1/s1. The molecule has 0 aliphatic carbocycles. The summed E-state index contributed by atoms with van der Waals surface area (Å²) in [5.74, 6) is 0.631. The van der Waals surface area contributed by atoms with E-state index in [-0.39, 0.29) is 0 Å². The van der Waals surface area contributed by atoms with Gasteiger partial charge in [0.15, 0.2) is 0 Å². The fraction of sp³-hybridized carbons (Fsp3) is 0.250. The van der Waals surface area contributed by atoms with E-state index in [0.717, 1.165) is 23.1 Å². The third-order valence-corrected chi connectivity index (χ3v) is 3.69. The number of ether oxygens (including phenoxy) is 1. The number of aliphatic hydroxyl groups excluding tert-OH is 1. The molecule has 3 rings (SSSR count). The maximum absolute atomic E-state index is 10.2. The van der Waals surface area contributed by atoms with E-state index in [1.54, 1.807) is 0 Å². The predicted molar refractivity (Wildman–Crippen MR) is 76.6 cm³/mol. The van der Waals surface area contributed by atoms with Crippen molar-refractivity contribution in [1.29, 1.82) is 0 Å². The van der Waals surface area contributed by atoms with Gasteiger partial charge in [0, 0.05) is 5.56 Å². The molecule has 0 bridgehead atoms. The molecule has 1 aliphatic rings. The van der Waals surface area contributed by atoms with Gasteiger partial charge in [0.1, 0.15) is 5.75 Å². The van der Waals surface area contributed by atoms with Crippen molar-refractivity contribution >= 4 is 11.6 Å². The first-order chi connectivity index (χ1) is 9.25. The van der Waals surface area contributed by atoms with Gasteiger partial charge in [-0.1, -0.05) is 41.9 Å². The van der Waals surface area contributed by atoms with E-state index in [1.165, 1.54) is 0 Å². The fourth-order valence-corrected chi connectivity index (χ4v) is 2.70. The normalized spacial score (nSPS) is 18.3. The zero-order chi connectivity index (χ0) is 13.2. The topological polar surface area (TPSA) is 29.5 Å². The Hall–Kier alpha value is -1.51. The molecule has 2 aromatic carbocycles. The van der Waals surface area contributed by atoms with E-state index >= 15 is 0 Å². The molecule has 2 aromatic rings. The average Bonchev–Trinajstić information content (AvgIpc) is 2.63. The summed E-state index contributed by atoms with van der Waals surface area (Å²) in [7, 11) is 0. The molecular formula is C16H15ClO2. The number of halogens is 1. The first-order valence-electron chi connectivity index (χ1n) is 6.45. The summed E-state index contributed by atoms with van der Waals surface area (Å²) in [6.07, 6.45) is 1.05. The highest BCUT2D eigenvalue weighted by Crippen LogP contribution is 2.40. The van der Waals surface area contributed by atoms with Crippen molar-refractivity contribution in [3.8, 4) is 16.9 Å². The monoisotopic (exact) mass is 274 g/mol. The van der Waals surface area contributed by atoms with Gasteiger partial charge in [0.05, 0.1) is 17.7 Å². The van der Waals surface area contributed by atoms with Gasteiger partial charge in [0.25, 0.3) is 0 Å². The Labute approximate surface area is 117 Å². The van der Waals surface area contributed by atoms with Gasteiger partial charge in [-0.3, -0.25) is 0 Å². The second-order valence-electron chi connectivity index (χ2n) is 4.75. The molecule has 1 N–H and O–H groups in total. The van der Waals surface area contributed by atoms with Crippen LogP contribution in [-0.2, 0) is 0 Å². The van der Waals surface area contributed by atoms with E-state index in [1.807, 2.05) is 42.5 Å². The van der Waals surface area contributed by atoms with Gasteiger partial charge >= 0.3 is 0 Å². The number of hydrogen-bond donors (Lipinski definition) is 1. The first-order valence-corrected chi connectivity index (χ1v) is 6.83. The Bertz CT molecular complexity index is 581. The second kappa shape index (κ2) is 5.24. The lowest BCUT2D eigenvalue weighted by Crippen LogP contribution is -1.98. The summed E-state index contributed by atoms with van der Waals surface area (Å²) >= 11 is 6.30. The Kier molecular flexibility index (Phi) is 3.45. The van der Waals surface area contributed by atoms with Gasteiger partial charge in [-0.25, -0.2) is 0 Å². The lowest BCUT2D eigenvalue weighted by atomic mass is 9.98. The molecule has 2 nitrogen and oxygen atoms in total. The van der Waals surface area contributed by atoms with Crippen LogP contribution in [0.5, 0.6) is 5.75 Å². The highest BCUT2D eigenvalue weighted by atomic mass is 35.5. The highest BCUT2D eigenvalue weighted by molar-refractivity contribution is 6.32. The molecule has 0 saturated carbocycles. The van der Waals surface area contributed by atoms with Gasteiger partial charge < -0.3 is 9.84 Å². The quantitative estimate of drug-likeness (QED) is 0.844. The second-order valence-corrected chi connectivity index (χ2v) is 5.16. The lowest BCUT2D eigenvalue weighted by Gasteiger charge is -2.15. The van der Waals surface area contributed by atoms with Crippen LogP contribution in [0.3, 0.4) is 0 Å². The molecule has 98 valence electrons. The van der Waals surface area contributed by atoms with E-state index in [9.17, 15) is 5.11 Å². The smallest absolute Gasteiger partial charge is 0.143 e. The van der Waals surface area contributed by atoms with Crippen molar-refractivity contribution < 1.29 is 9.84 Å². The van der Waals surface area contributed by atoms with E-state index < -0.39 is 6.10 Å². The minimum atomic E-state index is -0.501. The van der Waals surface area contributed by atoms with Crippen LogP contribution in [0.1, 0.15) is 24.5 Å². The third-order valence-electron chi connectivity index (χ3n) is 3.41. The zero-order valence-corrected chi connectivity index (χ0v) is 11.2. The van der Waals surface area contributed by atoms with Crippen molar-refractivity contribution in [3.63, 3.8) is 0 Å². The molecule has 0 spiro atoms. The number of aliphatic hydroxyl groups is 1. The maximum Gasteiger partial charge on any atom is 0.143 e. The van der Waals surface area contributed by atoms with Crippen molar-refractivity contribution in [1.82, 2.24) is 0 Å². The van der Waals surface area contributed by atoms with Crippen LogP contribution in [-0.4, -0.2) is 11.7 Å². The summed E-state index contributed by atoms with van der Waals surface area (Å²) in [5, 5.41) is 10.8. The molecule has 0 fully saturated rings. The molecule has 0 amide bonds. The molecule has 1 heterocycles. The van der Waals surface area contributed by atoms with Crippen molar-refractivity contribution in [2.75, 3.05) is 6.61 Å². The van der Waals surface area contributed by atoms with Gasteiger partial charge in [-0.15, -0.1) is 0 Å². The van der Waals surface area contributed by atoms with Crippen LogP contribution in [0.15, 0.2) is 42.5 Å². The fourth-order valence-electron chi connectivity index (χ4n) is 2.42. The molecule has 0 radical (unpaired) electrons. The van der Waals surface area contributed by atoms with E-state index in [4.69, 9.17) is 16.3 Å². The molecule has 1 aliphatic heterocycles. The number of fused-ring (bicyclic) bond motifs is 1. The van der Waals surface area contributed by atoms with Gasteiger partial charge in [-0.05, 0) is 36.1 Å². The molecule has 0 saturated heterocycles. The van der Waals surface area contributed by atoms with Crippen LogP contribution in [0.4, 0.5) is 0 Å². The Morgan fingerprint density at radius 1 is 1.11 bits per heavy atom. The molecule has 19 heavy (non-hydrogen) atoms. The minimum absolute atomic E-state index is 0.501. The van der Waals surface area contributed by atoms with E-state index in [2.05, 4.69) is 0 Å². The van der Waals surface area contributed by atoms with Crippen LogP contribution in [0, 0.1) is 0 Å². The van der Waals surface area contributed by atoms with Crippen LogP contribution in [0.25, 0.3) is 11.1 Å². The maximum atomic E-state index is 10.2. The van der Waals surface area contributed by atoms with Crippen LogP contribution < -0.4 is 4.74 Å². The molecule has 3 heteroatoms. The van der Waals surface area contributed by atoms with Crippen molar-refractivity contribution in [2.45, 2.75) is 18.9 Å². The minimum Gasteiger partial charge on any atom is -0.492 e. The number of rotatable bonds is 1. The molecular weight excluding hydrogens is 260 g/mol. The van der Waals surface area contributed by atoms with E-state index in [0.29, 0.717) is 23.8 Å². The summed E-state index contributed by atoms with van der Waals surface area (Å²) in [4.78, 5) is 0. The first kappa shape index (κ1) is 12.5. The van der Waals surface area contributed by atoms with Gasteiger partial charge in [-0.2, -0.15) is 0 Å². The van der Waals surface area contributed by atoms with Crippen LogP contribution >= 0.6 is 11.6 Å². The van der Waals surface area contributed by atoms with Crippen molar-refractivity contribution in [2.24, 2.45) is 0 Å². The Balaban J connectivity index is 2.12.